The zero-order valence-electron chi connectivity index (χ0n) is 19.2. The summed E-state index contributed by atoms with van der Waals surface area (Å²) in [6.45, 7) is 3.55. The minimum atomic E-state index is -1.03. The molecular formula is C25H30F2N2O5. The van der Waals surface area contributed by atoms with E-state index in [0.717, 1.165) is 17.2 Å². The van der Waals surface area contributed by atoms with Crippen molar-refractivity contribution in [2.45, 2.75) is 51.3 Å². The molecule has 9 heteroatoms. The Hall–Kier alpha value is -3.04. The number of ether oxygens (including phenoxy) is 1. The molecule has 0 aromatic heterocycles. The first-order valence-electron chi connectivity index (χ1n) is 11.2. The van der Waals surface area contributed by atoms with Gasteiger partial charge in [-0.1, -0.05) is 19.1 Å². The zero-order valence-corrected chi connectivity index (χ0v) is 19.2. The first-order valence-corrected chi connectivity index (χ1v) is 11.2. The Kier molecular flexibility index (Phi) is 8.57. The molecule has 4 atom stereocenters. The summed E-state index contributed by atoms with van der Waals surface area (Å²) in [5.74, 6) is -2.52. The predicted molar refractivity (Wildman–Crippen MR) is 121 cm³/mol. The zero-order chi connectivity index (χ0) is 24.8. The molecule has 2 aromatic carbocycles. The number of benzene rings is 2. The maximum atomic E-state index is 13.6. The second-order valence-corrected chi connectivity index (χ2v) is 8.77. The number of carboxylic acids is 1. The van der Waals surface area contributed by atoms with Crippen LogP contribution in [-0.2, 0) is 22.4 Å². The quantitative estimate of drug-likeness (QED) is 0.420. The van der Waals surface area contributed by atoms with Gasteiger partial charge in [0.2, 0.25) is 5.91 Å². The van der Waals surface area contributed by atoms with Crippen molar-refractivity contribution in [3.8, 4) is 5.75 Å². The standard InChI is InChI=1S/C25H30F2N2O5/c1-14(25(32)33)7-16-3-4-24-20(10-16)21(5-6-34-24)28-13-23(31)22(29-15(2)30)11-17-8-18(26)12-19(27)9-17/h3-4,8-10,12,14,21-23,28,31H,5-7,11,13H2,1-2H3,(H,29,30)(H,32,33). The van der Waals surface area contributed by atoms with Crippen molar-refractivity contribution in [2.24, 2.45) is 5.92 Å². The lowest BCUT2D eigenvalue weighted by molar-refractivity contribution is -0.141. The van der Waals surface area contributed by atoms with E-state index in [0.29, 0.717) is 30.8 Å². The lowest BCUT2D eigenvalue weighted by Gasteiger charge is -2.30. The van der Waals surface area contributed by atoms with Crippen LogP contribution in [-0.4, -0.2) is 47.4 Å². The second kappa shape index (κ2) is 11.4. The molecule has 0 saturated carbocycles. The molecule has 1 amide bonds. The molecule has 0 saturated heterocycles. The van der Waals surface area contributed by atoms with Crippen LogP contribution in [0.2, 0.25) is 0 Å². The smallest absolute Gasteiger partial charge is 0.306 e. The van der Waals surface area contributed by atoms with Gasteiger partial charge >= 0.3 is 5.97 Å². The van der Waals surface area contributed by atoms with Gasteiger partial charge in [-0.15, -0.1) is 0 Å². The molecular weight excluding hydrogens is 446 g/mol. The molecule has 0 radical (unpaired) electrons. The summed E-state index contributed by atoms with van der Waals surface area (Å²) in [5.41, 5.74) is 2.07. The fourth-order valence-corrected chi connectivity index (χ4v) is 4.16. The van der Waals surface area contributed by atoms with Gasteiger partial charge in [0.15, 0.2) is 0 Å². The molecule has 1 aliphatic rings. The third kappa shape index (κ3) is 6.98. The first-order chi connectivity index (χ1) is 16.1. The molecule has 4 N–H and O–H groups in total. The van der Waals surface area contributed by atoms with E-state index in [1.807, 2.05) is 18.2 Å². The second-order valence-electron chi connectivity index (χ2n) is 8.77. The van der Waals surface area contributed by atoms with Crippen LogP contribution in [0.5, 0.6) is 5.75 Å². The van der Waals surface area contributed by atoms with Crippen LogP contribution in [0.15, 0.2) is 36.4 Å². The topological polar surface area (TPSA) is 108 Å². The number of aliphatic hydroxyl groups is 1. The van der Waals surface area contributed by atoms with Gasteiger partial charge in [0, 0.05) is 37.6 Å². The summed E-state index contributed by atoms with van der Waals surface area (Å²) in [4.78, 5) is 22.9. The van der Waals surface area contributed by atoms with E-state index >= 15 is 0 Å². The fraction of sp³-hybridized carbons (Fsp3) is 0.440. The van der Waals surface area contributed by atoms with E-state index in [1.54, 1.807) is 6.92 Å². The van der Waals surface area contributed by atoms with Gasteiger partial charge < -0.3 is 25.6 Å². The highest BCUT2D eigenvalue weighted by Gasteiger charge is 2.26. The highest BCUT2D eigenvalue weighted by atomic mass is 19.1. The van der Waals surface area contributed by atoms with Crippen LogP contribution < -0.4 is 15.4 Å². The highest BCUT2D eigenvalue weighted by molar-refractivity contribution is 5.73. The number of amides is 1. The van der Waals surface area contributed by atoms with Gasteiger partial charge in [0.25, 0.3) is 0 Å². The Morgan fingerprint density at radius 2 is 1.82 bits per heavy atom. The van der Waals surface area contributed by atoms with Gasteiger partial charge in [-0.25, -0.2) is 8.78 Å². The molecule has 0 spiro atoms. The molecule has 4 unspecified atom stereocenters. The summed E-state index contributed by atoms with van der Waals surface area (Å²) >= 11 is 0. The van der Waals surface area contributed by atoms with Crippen molar-refractivity contribution < 1.29 is 33.3 Å². The maximum absolute atomic E-state index is 13.6. The Labute approximate surface area is 197 Å². The average Bonchev–Trinajstić information content (AvgIpc) is 2.76. The number of aliphatic hydroxyl groups excluding tert-OH is 1. The largest absolute Gasteiger partial charge is 0.493 e. The number of hydrogen-bond donors (Lipinski definition) is 4. The molecule has 1 aliphatic heterocycles. The Bertz CT molecular complexity index is 1010. The van der Waals surface area contributed by atoms with Crippen LogP contribution in [0.4, 0.5) is 8.78 Å². The molecule has 2 aromatic rings. The summed E-state index contributed by atoms with van der Waals surface area (Å²) in [5, 5.41) is 26.0. The van der Waals surface area contributed by atoms with E-state index in [-0.39, 0.29) is 24.9 Å². The third-order valence-corrected chi connectivity index (χ3v) is 5.88. The number of carbonyl (C=O) groups excluding carboxylic acids is 1. The number of halogens is 2. The number of rotatable bonds is 10. The van der Waals surface area contributed by atoms with Gasteiger partial charge in [-0.2, -0.15) is 0 Å². The molecule has 7 nitrogen and oxygen atoms in total. The van der Waals surface area contributed by atoms with Crippen molar-refractivity contribution in [3.05, 3.63) is 64.7 Å². The number of carboxylic acid groups (broad SMARTS) is 1. The predicted octanol–water partition coefficient (Wildman–Crippen LogP) is 2.75. The van der Waals surface area contributed by atoms with Gasteiger partial charge in [-0.05, 0) is 42.2 Å². The Morgan fingerprint density at radius 1 is 1.12 bits per heavy atom. The average molecular weight is 477 g/mol. The fourth-order valence-electron chi connectivity index (χ4n) is 4.16. The van der Waals surface area contributed by atoms with Crippen molar-refractivity contribution in [1.29, 1.82) is 0 Å². The van der Waals surface area contributed by atoms with Crippen LogP contribution in [0.3, 0.4) is 0 Å². The highest BCUT2D eigenvalue weighted by Crippen LogP contribution is 2.33. The lowest BCUT2D eigenvalue weighted by Crippen LogP contribution is -2.48. The number of fused-ring (bicyclic) bond motifs is 1. The lowest BCUT2D eigenvalue weighted by atomic mass is 9.94. The molecule has 3 rings (SSSR count). The Morgan fingerprint density at radius 3 is 2.47 bits per heavy atom. The monoisotopic (exact) mass is 476 g/mol. The third-order valence-electron chi connectivity index (χ3n) is 5.88. The minimum Gasteiger partial charge on any atom is -0.493 e. The number of nitrogens with one attached hydrogen (secondary N) is 2. The van der Waals surface area contributed by atoms with Crippen molar-refractivity contribution >= 4 is 11.9 Å². The first kappa shape index (κ1) is 25.6. The van der Waals surface area contributed by atoms with Crippen molar-refractivity contribution in [2.75, 3.05) is 13.2 Å². The molecule has 0 aliphatic carbocycles. The van der Waals surface area contributed by atoms with Crippen LogP contribution >= 0.6 is 0 Å². The van der Waals surface area contributed by atoms with E-state index in [9.17, 15) is 28.6 Å². The van der Waals surface area contributed by atoms with Crippen LogP contribution in [0, 0.1) is 17.6 Å². The molecule has 34 heavy (non-hydrogen) atoms. The van der Waals surface area contributed by atoms with Crippen molar-refractivity contribution in [3.63, 3.8) is 0 Å². The number of aliphatic carboxylic acids is 1. The summed E-state index contributed by atoms with van der Waals surface area (Å²) in [6.07, 6.45) is 0.0416. The van der Waals surface area contributed by atoms with E-state index < -0.39 is 35.7 Å². The number of hydrogen-bond acceptors (Lipinski definition) is 5. The summed E-state index contributed by atoms with van der Waals surface area (Å²) in [6, 6.07) is 7.79. The number of carbonyl (C=O) groups is 2. The van der Waals surface area contributed by atoms with E-state index in [1.165, 1.54) is 19.1 Å². The van der Waals surface area contributed by atoms with Crippen molar-refractivity contribution in [1.82, 2.24) is 10.6 Å². The molecule has 184 valence electrons. The molecule has 0 fully saturated rings. The SMILES string of the molecule is CC(=O)NC(Cc1cc(F)cc(F)c1)C(O)CNC1CCOc2ccc(CC(C)C(=O)O)cc21. The summed E-state index contributed by atoms with van der Waals surface area (Å²) in [7, 11) is 0. The normalized spacial score (nSPS) is 17.7. The molecule has 0 bridgehead atoms. The molecule has 1 heterocycles. The van der Waals surface area contributed by atoms with Gasteiger partial charge in [-0.3, -0.25) is 9.59 Å². The van der Waals surface area contributed by atoms with Gasteiger partial charge in [0.1, 0.15) is 17.4 Å². The van der Waals surface area contributed by atoms with Crippen LogP contribution in [0.1, 0.15) is 43.0 Å². The van der Waals surface area contributed by atoms with E-state index in [2.05, 4.69) is 10.6 Å². The van der Waals surface area contributed by atoms with Crippen LogP contribution in [0.25, 0.3) is 0 Å². The van der Waals surface area contributed by atoms with Gasteiger partial charge in [0.05, 0.1) is 24.7 Å². The summed E-state index contributed by atoms with van der Waals surface area (Å²) < 4.78 is 32.9. The minimum absolute atomic E-state index is 0.0543. The maximum Gasteiger partial charge on any atom is 0.306 e. The Balaban J connectivity index is 1.70. The van der Waals surface area contributed by atoms with E-state index in [4.69, 9.17) is 4.74 Å².